The van der Waals surface area contributed by atoms with Crippen LogP contribution in [0, 0.1) is 6.92 Å². The van der Waals surface area contributed by atoms with E-state index in [0.717, 1.165) is 48.6 Å². The molecule has 0 saturated carbocycles. The van der Waals surface area contributed by atoms with Gasteiger partial charge in [-0.15, -0.1) is 0 Å². The summed E-state index contributed by atoms with van der Waals surface area (Å²) < 4.78 is 0. The van der Waals surface area contributed by atoms with Crippen LogP contribution in [0.2, 0.25) is 0 Å². The average molecular weight is 484 g/mol. The number of aliphatic hydroxyl groups is 1. The van der Waals surface area contributed by atoms with Crippen LogP contribution < -0.4 is 10.2 Å². The van der Waals surface area contributed by atoms with Crippen molar-refractivity contribution < 1.29 is 42.0 Å². The summed E-state index contributed by atoms with van der Waals surface area (Å²) in [5.74, 6) is -1.20. The molecule has 0 unspecified atom stereocenters. The Bertz CT molecular complexity index is 952. The van der Waals surface area contributed by atoms with Crippen LogP contribution in [0.1, 0.15) is 27.1 Å². The Morgan fingerprint density at radius 3 is 1.44 bits per heavy atom. The van der Waals surface area contributed by atoms with Crippen molar-refractivity contribution in [3.8, 4) is 0 Å². The minimum Gasteiger partial charge on any atom is -0.550 e. The van der Waals surface area contributed by atoms with E-state index in [-0.39, 0.29) is 24.5 Å². The number of pyridine rings is 2. The van der Waals surface area contributed by atoms with Gasteiger partial charge in [-0.25, -0.2) is 4.98 Å². The van der Waals surface area contributed by atoms with E-state index < -0.39 is 11.9 Å². The molecule has 0 atom stereocenters. The number of aryl methyl sites for hydroxylation is 1. The van der Waals surface area contributed by atoms with Gasteiger partial charge >= 0.3 is 17.1 Å². The number of fused-ring (bicyclic) bond motifs is 3. The fourth-order valence-corrected chi connectivity index (χ4v) is 2.02. The zero-order valence-electron chi connectivity index (χ0n) is 17.5. The largest absolute Gasteiger partial charge is 2.00 e. The predicted molar refractivity (Wildman–Crippen MR) is 117 cm³/mol. The molecule has 0 radical (unpaired) electrons. The second kappa shape index (κ2) is 19.6. The van der Waals surface area contributed by atoms with Crippen LogP contribution in [0.25, 0.3) is 21.8 Å². The Hall–Kier alpha value is -3.33. The molecule has 0 aliphatic heterocycles. The van der Waals surface area contributed by atoms with Crippen LogP contribution in [-0.2, 0) is 26.7 Å². The number of aromatic nitrogens is 4. The van der Waals surface area contributed by atoms with Gasteiger partial charge < -0.3 is 29.9 Å². The zero-order valence-corrected chi connectivity index (χ0v) is 18.7. The Morgan fingerprint density at radius 1 is 0.812 bits per heavy atom. The molecule has 4 rings (SSSR count). The van der Waals surface area contributed by atoms with E-state index in [1.165, 1.54) is 0 Å². The zero-order chi connectivity index (χ0) is 22.9. The maximum absolute atomic E-state index is 8.89. The first kappa shape index (κ1) is 33.3. The topological polar surface area (TPSA) is 155 Å². The van der Waals surface area contributed by atoms with Gasteiger partial charge in [-0.1, -0.05) is 31.7 Å². The summed E-state index contributed by atoms with van der Waals surface area (Å²) in [4.78, 5) is 33.2. The molecular formula is C22H28FeN4O5. The van der Waals surface area contributed by atoms with E-state index in [2.05, 4.69) is 44.2 Å². The molecule has 0 bridgehead atoms. The van der Waals surface area contributed by atoms with Crippen LogP contribution in [0.4, 0.5) is 0 Å². The second-order valence-corrected chi connectivity index (χ2v) is 5.37. The summed E-state index contributed by atoms with van der Waals surface area (Å²) in [6.07, 6.45) is 7.14. The molecule has 0 fully saturated rings. The molecule has 0 aliphatic carbocycles. The molecule has 1 aromatic carbocycles. The Labute approximate surface area is 198 Å². The number of rotatable bonds is 0. The van der Waals surface area contributed by atoms with Crippen LogP contribution >= 0.6 is 0 Å². The molecule has 32 heavy (non-hydrogen) atoms. The van der Waals surface area contributed by atoms with Crippen molar-refractivity contribution in [3.63, 3.8) is 0 Å². The molecule has 3 aromatic heterocycles. The van der Waals surface area contributed by atoms with Gasteiger partial charge in [0.2, 0.25) is 0 Å². The van der Waals surface area contributed by atoms with Crippen LogP contribution in [0.5, 0.6) is 0 Å². The summed E-state index contributed by atoms with van der Waals surface area (Å²) >= 11 is 0. The third-order valence-corrected chi connectivity index (χ3v) is 2.98. The summed E-state index contributed by atoms with van der Waals surface area (Å²) in [7, 11) is 1.00. The molecule has 0 aliphatic rings. The van der Waals surface area contributed by atoms with Crippen molar-refractivity contribution in [2.24, 2.45) is 0 Å². The SMILES string of the molecule is C.CC(=O)[O-].CC(=O)[O-].CO.Cc1ncc[nH]1.[Fe+2].c1cnc2c(c1)ccc1cccnc12. The van der Waals surface area contributed by atoms with E-state index in [4.69, 9.17) is 24.9 Å². The summed E-state index contributed by atoms with van der Waals surface area (Å²) in [6, 6.07) is 12.1. The quantitative estimate of drug-likeness (QED) is 0.279. The minimum absolute atomic E-state index is 0. The molecule has 4 aromatic rings. The number of nitrogens with zero attached hydrogens (tertiary/aromatic N) is 3. The number of nitrogens with one attached hydrogen (secondary N) is 1. The van der Waals surface area contributed by atoms with E-state index >= 15 is 0 Å². The molecule has 9 nitrogen and oxygen atoms in total. The fraction of sp³-hybridized carbons (Fsp3) is 0.227. The maximum atomic E-state index is 8.89. The first-order valence-corrected chi connectivity index (χ1v) is 8.65. The average Bonchev–Trinajstić information content (AvgIpc) is 3.20. The van der Waals surface area contributed by atoms with Gasteiger partial charge in [0.15, 0.2) is 0 Å². The number of carbonyl (C=O) groups is 2. The molecule has 10 heteroatoms. The second-order valence-electron chi connectivity index (χ2n) is 5.37. The van der Waals surface area contributed by atoms with Crippen LogP contribution in [0.3, 0.4) is 0 Å². The third kappa shape index (κ3) is 14.6. The molecular weight excluding hydrogens is 456 g/mol. The van der Waals surface area contributed by atoms with E-state index in [1.807, 2.05) is 19.1 Å². The summed E-state index contributed by atoms with van der Waals surface area (Å²) in [6.45, 7) is 3.86. The maximum Gasteiger partial charge on any atom is 2.00 e. The smallest absolute Gasteiger partial charge is 0.550 e. The van der Waals surface area contributed by atoms with Crippen molar-refractivity contribution in [3.05, 3.63) is 67.0 Å². The first-order chi connectivity index (χ1) is 14.3. The standard InChI is InChI=1S/C12H8N2.C4H6N2.2C2H4O2.CH4O.CH4.Fe/c1-3-9-5-6-10-4-2-8-14-12(10)11(9)13-7-1;1-4-5-2-3-6-4;2*1-2(3)4;1-2;;/h1-8H;2-3H,1H3,(H,5,6);2*1H3,(H,3,4);2H,1H3;1H4;/q;;;;;;+2/p-2. The number of aliphatic hydroxyl groups excluding tert-OH is 1. The fourth-order valence-electron chi connectivity index (χ4n) is 2.02. The molecule has 0 saturated heterocycles. The molecule has 174 valence electrons. The van der Waals surface area contributed by atoms with Crippen molar-refractivity contribution in [2.45, 2.75) is 28.2 Å². The first-order valence-electron chi connectivity index (χ1n) is 8.65. The van der Waals surface area contributed by atoms with Crippen molar-refractivity contribution in [2.75, 3.05) is 7.11 Å². The van der Waals surface area contributed by atoms with Crippen molar-refractivity contribution >= 4 is 33.7 Å². The number of carboxylic acid groups (broad SMARTS) is 2. The molecule has 3 heterocycles. The van der Waals surface area contributed by atoms with Gasteiger partial charge in [0.05, 0.1) is 11.0 Å². The van der Waals surface area contributed by atoms with E-state index in [1.54, 1.807) is 24.8 Å². The van der Waals surface area contributed by atoms with Gasteiger partial charge in [-0.3, -0.25) is 9.97 Å². The molecule has 0 spiro atoms. The van der Waals surface area contributed by atoms with Gasteiger partial charge in [0, 0.05) is 54.6 Å². The Balaban J connectivity index is -0.000000397. The van der Waals surface area contributed by atoms with Gasteiger partial charge in [0.25, 0.3) is 0 Å². The Kier molecular flexibility index (Phi) is 20.4. The normalized spacial score (nSPS) is 8.16. The number of benzene rings is 1. The minimum atomic E-state index is -1.08. The third-order valence-electron chi connectivity index (χ3n) is 2.98. The van der Waals surface area contributed by atoms with Crippen molar-refractivity contribution in [1.82, 2.24) is 19.9 Å². The predicted octanol–water partition coefficient (Wildman–Crippen LogP) is 1.26. The number of hydrogen-bond donors (Lipinski definition) is 2. The number of carbonyl (C=O) groups excluding carboxylic acids is 2. The van der Waals surface area contributed by atoms with E-state index in [0.29, 0.717) is 0 Å². The molecule has 0 amide bonds. The summed E-state index contributed by atoms with van der Waals surface area (Å²) in [5, 5.41) is 27.1. The number of carboxylic acids is 2. The number of hydrogen-bond acceptors (Lipinski definition) is 8. The van der Waals surface area contributed by atoms with E-state index in [9.17, 15) is 0 Å². The Morgan fingerprint density at radius 2 is 1.19 bits per heavy atom. The van der Waals surface area contributed by atoms with Crippen molar-refractivity contribution in [1.29, 1.82) is 0 Å². The molecule has 2 N–H and O–H groups in total. The number of aliphatic carboxylic acids is 2. The van der Waals surface area contributed by atoms with Gasteiger partial charge in [-0.2, -0.15) is 0 Å². The van der Waals surface area contributed by atoms with Crippen LogP contribution in [-0.4, -0.2) is 44.1 Å². The summed E-state index contributed by atoms with van der Waals surface area (Å²) in [5.41, 5.74) is 1.95. The van der Waals surface area contributed by atoms with Crippen LogP contribution in [0.15, 0.2) is 61.2 Å². The number of H-pyrrole nitrogens is 1. The number of aromatic amines is 1. The monoisotopic (exact) mass is 484 g/mol. The van der Waals surface area contributed by atoms with Gasteiger partial charge in [-0.05, 0) is 32.9 Å². The van der Waals surface area contributed by atoms with Gasteiger partial charge in [0.1, 0.15) is 5.82 Å². The number of imidazole rings is 1.